The number of nitrogen functional groups attached to an aromatic ring is 1. The number of nitrogens with one attached hydrogen (secondary N) is 1. The molecule has 20 heavy (non-hydrogen) atoms. The van der Waals surface area contributed by atoms with Crippen molar-refractivity contribution in [2.45, 2.75) is 18.2 Å². The Bertz CT molecular complexity index is 712. The monoisotopic (exact) mass is 294 g/mol. The summed E-state index contributed by atoms with van der Waals surface area (Å²) in [7, 11) is -3.82. The van der Waals surface area contributed by atoms with Gasteiger partial charge in [-0.25, -0.2) is 12.8 Å². The minimum absolute atomic E-state index is 0.123. The van der Waals surface area contributed by atoms with Crippen molar-refractivity contribution >= 4 is 21.4 Å². The Labute approximate surface area is 117 Å². The molecule has 0 radical (unpaired) electrons. The fraction of sp³-hybridized carbons (Fsp3) is 0.143. The number of anilines is 2. The summed E-state index contributed by atoms with van der Waals surface area (Å²) < 4.78 is 39.7. The lowest BCUT2D eigenvalue weighted by molar-refractivity contribution is 0.600. The van der Waals surface area contributed by atoms with Crippen LogP contribution in [0, 0.1) is 5.82 Å². The van der Waals surface area contributed by atoms with Gasteiger partial charge in [0.1, 0.15) is 10.7 Å². The van der Waals surface area contributed by atoms with Crippen LogP contribution in [-0.2, 0) is 16.4 Å². The van der Waals surface area contributed by atoms with Crippen molar-refractivity contribution in [2.24, 2.45) is 0 Å². The van der Waals surface area contributed by atoms with Gasteiger partial charge in [-0.3, -0.25) is 4.72 Å². The van der Waals surface area contributed by atoms with E-state index in [0.29, 0.717) is 5.69 Å². The zero-order chi connectivity index (χ0) is 14.8. The first-order valence-corrected chi connectivity index (χ1v) is 7.57. The first kappa shape index (κ1) is 14.3. The summed E-state index contributed by atoms with van der Waals surface area (Å²) in [5.41, 5.74) is 6.97. The first-order chi connectivity index (χ1) is 9.42. The molecular formula is C14H15FN2O2S. The van der Waals surface area contributed by atoms with Gasteiger partial charge in [0.25, 0.3) is 10.0 Å². The SMILES string of the molecule is CCc1ccc(NS(=O)(=O)c2ccc(F)cc2N)cc1. The molecule has 0 spiro atoms. The molecule has 2 aromatic rings. The number of aryl methyl sites for hydroxylation is 1. The molecule has 6 heteroatoms. The average molecular weight is 294 g/mol. The molecule has 0 aliphatic heterocycles. The van der Waals surface area contributed by atoms with Crippen LogP contribution in [0.5, 0.6) is 0 Å². The van der Waals surface area contributed by atoms with E-state index in [0.717, 1.165) is 30.2 Å². The maximum Gasteiger partial charge on any atom is 0.263 e. The van der Waals surface area contributed by atoms with Gasteiger partial charge < -0.3 is 5.73 Å². The van der Waals surface area contributed by atoms with Gasteiger partial charge in [-0.2, -0.15) is 0 Å². The van der Waals surface area contributed by atoms with E-state index >= 15 is 0 Å². The van der Waals surface area contributed by atoms with E-state index in [2.05, 4.69) is 4.72 Å². The molecule has 4 nitrogen and oxygen atoms in total. The van der Waals surface area contributed by atoms with Gasteiger partial charge in [-0.15, -0.1) is 0 Å². The molecule has 2 rings (SSSR count). The van der Waals surface area contributed by atoms with Crippen molar-refractivity contribution in [3.05, 3.63) is 53.8 Å². The second-order valence-corrected chi connectivity index (χ2v) is 5.99. The van der Waals surface area contributed by atoms with Crippen LogP contribution in [-0.4, -0.2) is 8.42 Å². The normalized spacial score (nSPS) is 11.3. The van der Waals surface area contributed by atoms with E-state index in [-0.39, 0.29) is 10.6 Å². The zero-order valence-corrected chi connectivity index (χ0v) is 11.7. The van der Waals surface area contributed by atoms with Crippen LogP contribution in [0.1, 0.15) is 12.5 Å². The summed E-state index contributed by atoms with van der Waals surface area (Å²) in [6, 6.07) is 10.2. The summed E-state index contributed by atoms with van der Waals surface area (Å²) in [5.74, 6) is -0.575. The van der Waals surface area contributed by atoms with Crippen molar-refractivity contribution < 1.29 is 12.8 Å². The Balaban J connectivity index is 2.30. The third-order valence-corrected chi connectivity index (χ3v) is 4.33. The van der Waals surface area contributed by atoms with Crippen LogP contribution in [0.2, 0.25) is 0 Å². The highest BCUT2D eigenvalue weighted by atomic mass is 32.2. The van der Waals surface area contributed by atoms with Gasteiger partial charge >= 0.3 is 0 Å². The summed E-state index contributed by atoms with van der Waals surface area (Å²) in [4.78, 5) is -0.140. The van der Waals surface area contributed by atoms with E-state index in [9.17, 15) is 12.8 Å². The van der Waals surface area contributed by atoms with Crippen LogP contribution in [0.25, 0.3) is 0 Å². The van der Waals surface area contributed by atoms with E-state index in [1.54, 1.807) is 12.1 Å². The quantitative estimate of drug-likeness (QED) is 0.852. The molecule has 0 saturated carbocycles. The summed E-state index contributed by atoms with van der Waals surface area (Å²) in [5, 5.41) is 0. The molecule has 0 heterocycles. The molecule has 0 saturated heterocycles. The fourth-order valence-corrected chi connectivity index (χ4v) is 2.96. The van der Waals surface area contributed by atoms with Crippen LogP contribution in [0.3, 0.4) is 0 Å². The number of sulfonamides is 1. The first-order valence-electron chi connectivity index (χ1n) is 6.09. The Kier molecular flexibility index (Phi) is 3.94. The largest absolute Gasteiger partial charge is 0.398 e. The Morgan fingerprint density at radius 3 is 2.35 bits per heavy atom. The minimum atomic E-state index is -3.82. The molecule has 0 fully saturated rings. The molecule has 106 valence electrons. The lowest BCUT2D eigenvalue weighted by atomic mass is 10.2. The molecule has 0 bridgehead atoms. The lowest BCUT2D eigenvalue weighted by Crippen LogP contribution is -2.15. The molecule has 0 unspecified atom stereocenters. The van der Waals surface area contributed by atoms with Gasteiger partial charge in [0.15, 0.2) is 0 Å². The van der Waals surface area contributed by atoms with E-state index in [1.807, 2.05) is 19.1 Å². The van der Waals surface area contributed by atoms with Crippen molar-refractivity contribution in [3.63, 3.8) is 0 Å². The summed E-state index contributed by atoms with van der Waals surface area (Å²) in [6.45, 7) is 2.01. The van der Waals surface area contributed by atoms with Crippen LogP contribution < -0.4 is 10.5 Å². The molecular weight excluding hydrogens is 279 g/mol. The maximum absolute atomic E-state index is 13.0. The average Bonchev–Trinajstić information content (AvgIpc) is 2.38. The van der Waals surface area contributed by atoms with Gasteiger partial charge in [0.2, 0.25) is 0 Å². The standard InChI is InChI=1S/C14H15FN2O2S/c1-2-10-3-6-12(7-4-10)17-20(18,19)14-8-5-11(15)9-13(14)16/h3-9,17H,2,16H2,1H3. The Morgan fingerprint density at radius 1 is 1.15 bits per heavy atom. The molecule has 0 aliphatic rings. The van der Waals surface area contributed by atoms with Gasteiger partial charge in [0.05, 0.1) is 5.69 Å². The van der Waals surface area contributed by atoms with Crippen molar-refractivity contribution in [1.29, 1.82) is 0 Å². The molecule has 0 aliphatic carbocycles. The molecule has 0 aromatic heterocycles. The van der Waals surface area contributed by atoms with Crippen LogP contribution in [0.15, 0.2) is 47.4 Å². The number of benzene rings is 2. The van der Waals surface area contributed by atoms with E-state index in [1.165, 1.54) is 0 Å². The predicted octanol–water partition coefficient (Wildman–Crippen LogP) is 2.77. The highest BCUT2D eigenvalue weighted by molar-refractivity contribution is 7.92. The lowest BCUT2D eigenvalue weighted by Gasteiger charge is -2.10. The van der Waals surface area contributed by atoms with Crippen LogP contribution in [0.4, 0.5) is 15.8 Å². The number of rotatable bonds is 4. The fourth-order valence-electron chi connectivity index (χ4n) is 1.78. The van der Waals surface area contributed by atoms with E-state index in [4.69, 9.17) is 5.73 Å². The number of nitrogens with two attached hydrogens (primary N) is 1. The van der Waals surface area contributed by atoms with Gasteiger partial charge in [-0.1, -0.05) is 19.1 Å². The minimum Gasteiger partial charge on any atom is -0.398 e. The maximum atomic E-state index is 13.0. The number of hydrogen-bond donors (Lipinski definition) is 2. The summed E-state index contributed by atoms with van der Waals surface area (Å²) in [6.07, 6.45) is 0.873. The Hall–Kier alpha value is -2.08. The van der Waals surface area contributed by atoms with E-state index < -0.39 is 15.8 Å². The van der Waals surface area contributed by atoms with Crippen molar-refractivity contribution in [1.82, 2.24) is 0 Å². The predicted molar refractivity (Wildman–Crippen MR) is 77.4 cm³/mol. The molecule has 2 aromatic carbocycles. The third kappa shape index (κ3) is 3.08. The zero-order valence-electron chi connectivity index (χ0n) is 10.9. The van der Waals surface area contributed by atoms with Crippen molar-refractivity contribution in [3.8, 4) is 0 Å². The highest BCUT2D eigenvalue weighted by Gasteiger charge is 2.17. The number of hydrogen-bond acceptors (Lipinski definition) is 3. The molecule has 0 amide bonds. The third-order valence-electron chi connectivity index (χ3n) is 2.88. The van der Waals surface area contributed by atoms with Crippen molar-refractivity contribution in [2.75, 3.05) is 10.5 Å². The Morgan fingerprint density at radius 2 is 1.80 bits per heavy atom. The highest BCUT2D eigenvalue weighted by Crippen LogP contribution is 2.22. The van der Waals surface area contributed by atoms with Crippen LogP contribution >= 0.6 is 0 Å². The topological polar surface area (TPSA) is 72.2 Å². The van der Waals surface area contributed by atoms with Gasteiger partial charge in [-0.05, 0) is 42.3 Å². The number of halogens is 1. The molecule has 3 N–H and O–H groups in total. The smallest absolute Gasteiger partial charge is 0.263 e. The van der Waals surface area contributed by atoms with Gasteiger partial charge in [0, 0.05) is 5.69 Å². The summed E-state index contributed by atoms with van der Waals surface area (Å²) >= 11 is 0. The second-order valence-electron chi connectivity index (χ2n) is 4.34. The second kappa shape index (κ2) is 5.50. The molecule has 0 atom stereocenters.